The standard InChI is InChI=1S/C13H10N.3CH3.Sn/c14-13(11-7-3-1-4-8-11)12-9-5-2-6-10-12;;;;/h1-10H;3*1H3;/q-1;;;;+1. The first kappa shape index (κ1) is 15.0. The first-order chi connectivity index (χ1) is 8.61. The minimum Gasteiger partial charge on any atom is -0.803 e. The fraction of sp³-hybridized carbons (Fsp3) is 0.188. The Morgan fingerprint density at radius 1 is 0.722 bits per heavy atom. The summed E-state index contributed by atoms with van der Waals surface area (Å²) in [5.74, 6) is 0. The average Bonchev–Trinajstić information content (AvgIpc) is 2.39. The van der Waals surface area contributed by atoms with Crippen LogP contribution < -0.4 is 0 Å². The summed E-state index contributed by atoms with van der Waals surface area (Å²) in [5, 5.41) is 9.91. The van der Waals surface area contributed by atoms with E-state index in [9.17, 15) is 5.41 Å². The number of rotatable bonds is 2. The SMILES string of the molecule is [CH3][Sn+]([CH3])[CH3].[N-]=C(c1ccccc1)c1ccccc1. The molecule has 0 bridgehead atoms. The number of hydrogen-bond donors (Lipinski definition) is 0. The third-order valence-corrected chi connectivity index (χ3v) is 2.09. The molecule has 0 atom stereocenters. The molecule has 0 aliphatic heterocycles. The van der Waals surface area contributed by atoms with Crippen LogP contribution in [0.3, 0.4) is 0 Å². The molecule has 92 valence electrons. The van der Waals surface area contributed by atoms with Gasteiger partial charge in [-0.15, -0.1) is 5.71 Å². The van der Waals surface area contributed by atoms with Crippen LogP contribution in [0.1, 0.15) is 11.1 Å². The van der Waals surface area contributed by atoms with Crippen molar-refractivity contribution in [2.45, 2.75) is 14.8 Å². The fourth-order valence-corrected chi connectivity index (χ4v) is 1.36. The molecule has 0 amide bonds. The van der Waals surface area contributed by atoms with Gasteiger partial charge in [0.25, 0.3) is 0 Å². The van der Waals surface area contributed by atoms with Gasteiger partial charge in [0.2, 0.25) is 0 Å². The molecule has 0 aliphatic rings. The molecule has 18 heavy (non-hydrogen) atoms. The molecular weight excluding hydrogens is 325 g/mol. The predicted molar refractivity (Wildman–Crippen MR) is 82.8 cm³/mol. The molecule has 2 aromatic rings. The van der Waals surface area contributed by atoms with Crippen molar-refractivity contribution in [3.63, 3.8) is 0 Å². The fourth-order valence-electron chi connectivity index (χ4n) is 1.36. The first-order valence-electron chi connectivity index (χ1n) is 6.04. The molecule has 0 saturated carbocycles. The van der Waals surface area contributed by atoms with E-state index in [2.05, 4.69) is 14.8 Å². The zero-order valence-corrected chi connectivity index (χ0v) is 14.1. The maximum absolute atomic E-state index is 9.91. The predicted octanol–water partition coefficient (Wildman–Crippen LogP) is 4.46. The van der Waals surface area contributed by atoms with Crippen molar-refractivity contribution in [2.24, 2.45) is 0 Å². The molecule has 0 heterocycles. The van der Waals surface area contributed by atoms with Crippen molar-refractivity contribution in [3.8, 4) is 0 Å². The third-order valence-electron chi connectivity index (χ3n) is 2.09. The van der Waals surface area contributed by atoms with Gasteiger partial charge < -0.3 is 5.41 Å². The molecule has 0 saturated heterocycles. The van der Waals surface area contributed by atoms with Gasteiger partial charge >= 0.3 is 34.6 Å². The summed E-state index contributed by atoms with van der Waals surface area (Å²) >= 11 is -0.543. The van der Waals surface area contributed by atoms with Gasteiger partial charge in [-0.05, 0) is 11.1 Å². The molecule has 2 aromatic carbocycles. The van der Waals surface area contributed by atoms with Crippen LogP contribution >= 0.6 is 0 Å². The van der Waals surface area contributed by atoms with Crippen LogP contribution in [-0.4, -0.2) is 25.5 Å². The van der Waals surface area contributed by atoms with E-state index in [0.29, 0.717) is 5.71 Å². The summed E-state index contributed by atoms with van der Waals surface area (Å²) in [7, 11) is 0. The Kier molecular flexibility index (Phi) is 6.73. The molecule has 0 unspecified atom stereocenters. The summed E-state index contributed by atoms with van der Waals surface area (Å²) in [5.41, 5.74) is 2.02. The Bertz CT molecular complexity index is 419. The molecule has 0 radical (unpaired) electrons. The molecule has 1 nitrogen and oxygen atoms in total. The van der Waals surface area contributed by atoms with Crippen LogP contribution in [0.4, 0.5) is 0 Å². The zero-order chi connectivity index (χ0) is 13.4. The van der Waals surface area contributed by atoms with Gasteiger partial charge in [0.15, 0.2) is 0 Å². The Labute approximate surface area is 117 Å². The van der Waals surface area contributed by atoms with Gasteiger partial charge in [0.1, 0.15) is 0 Å². The van der Waals surface area contributed by atoms with E-state index in [1.54, 1.807) is 0 Å². The third kappa shape index (κ3) is 5.50. The van der Waals surface area contributed by atoms with Crippen molar-refractivity contribution in [2.75, 3.05) is 0 Å². The van der Waals surface area contributed by atoms with E-state index in [-0.39, 0.29) is 0 Å². The van der Waals surface area contributed by atoms with Gasteiger partial charge in [-0.1, -0.05) is 60.7 Å². The largest absolute Gasteiger partial charge is 0.803 e. The normalized spacial score (nSPS) is 9.06. The van der Waals surface area contributed by atoms with E-state index >= 15 is 0 Å². The number of benzene rings is 2. The second-order valence-corrected chi connectivity index (χ2v) is 13.1. The van der Waals surface area contributed by atoms with Crippen molar-refractivity contribution in [1.29, 1.82) is 0 Å². The van der Waals surface area contributed by atoms with Crippen LogP contribution in [0, 0.1) is 0 Å². The minimum absolute atomic E-state index is 0.325. The monoisotopic (exact) mass is 345 g/mol. The Balaban J connectivity index is 0.000000357. The van der Waals surface area contributed by atoms with E-state index < -0.39 is 19.8 Å². The molecular formula is C16H19NSn. The van der Waals surface area contributed by atoms with Crippen molar-refractivity contribution < 1.29 is 0 Å². The maximum Gasteiger partial charge on any atom is -0.0414 e. The quantitative estimate of drug-likeness (QED) is 0.567. The number of nitrogens with zero attached hydrogens (tertiary/aromatic N) is 1. The van der Waals surface area contributed by atoms with E-state index in [0.717, 1.165) is 11.1 Å². The van der Waals surface area contributed by atoms with Gasteiger partial charge in [-0.3, -0.25) is 0 Å². The Morgan fingerprint density at radius 2 is 1.00 bits per heavy atom. The second-order valence-electron chi connectivity index (χ2n) is 4.58. The minimum atomic E-state index is -0.543. The van der Waals surface area contributed by atoms with Gasteiger partial charge in [0, 0.05) is 0 Å². The molecule has 2 heteroatoms. The van der Waals surface area contributed by atoms with Crippen LogP contribution in [0.2, 0.25) is 14.8 Å². The second kappa shape index (κ2) is 8.09. The molecule has 0 aliphatic carbocycles. The summed E-state index contributed by atoms with van der Waals surface area (Å²) in [6, 6.07) is 19.1. The topological polar surface area (TPSA) is 22.3 Å². The van der Waals surface area contributed by atoms with Gasteiger partial charge in [-0.2, -0.15) is 0 Å². The van der Waals surface area contributed by atoms with E-state index in [1.807, 2.05) is 60.7 Å². The maximum atomic E-state index is 9.91. The molecule has 0 spiro atoms. The molecule has 0 N–H and O–H groups in total. The Morgan fingerprint density at radius 3 is 1.28 bits per heavy atom. The van der Waals surface area contributed by atoms with Crippen LogP contribution in [0.5, 0.6) is 0 Å². The Hall–Kier alpha value is -1.09. The summed E-state index contributed by atoms with van der Waals surface area (Å²) in [4.78, 5) is 7.09. The van der Waals surface area contributed by atoms with E-state index in [4.69, 9.17) is 0 Å². The summed E-state index contributed by atoms with van der Waals surface area (Å²) in [6.45, 7) is 0. The average molecular weight is 344 g/mol. The first-order valence-corrected chi connectivity index (χ1v) is 14.6. The van der Waals surface area contributed by atoms with Crippen LogP contribution in [0.15, 0.2) is 60.7 Å². The van der Waals surface area contributed by atoms with Crippen molar-refractivity contribution >= 4 is 25.5 Å². The van der Waals surface area contributed by atoms with Gasteiger partial charge in [-0.25, -0.2) is 0 Å². The van der Waals surface area contributed by atoms with Gasteiger partial charge in [0.05, 0.1) is 0 Å². The zero-order valence-electron chi connectivity index (χ0n) is 11.2. The van der Waals surface area contributed by atoms with Crippen molar-refractivity contribution in [3.05, 3.63) is 77.2 Å². The van der Waals surface area contributed by atoms with Crippen molar-refractivity contribution in [1.82, 2.24) is 0 Å². The molecule has 2 rings (SSSR count). The summed E-state index contributed by atoms with van der Waals surface area (Å²) < 4.78 is 0. The van der Waals surface area contributed by atoms with Crippen LogP contribution in [0.25, 0.3) is 5.41 Å². The number of hydrogen-bond acceptors (Lipinski definition) is 0. The van der Waals surface area contributed by atoms with E-state index in [1.165, 1.54) is 0 Å². The smallest absolute Gasteiger partial charge is 0.0414 e. The molecule has 0 aromatic heterocycles. The summed E-state index contributed by atoms with van der Waals surface area (Å²) in [6.07, 6.45) is 0. The molecule has 0 fully saturated rings. The van der Waals surface area contributed by atoms with Crippen LogP contribution in [-0.2, 0) is 0 Å².